The third-order valence-electron chi connectivity index (χ3n) is 3.66. The van der Waals surface area contributed by atoms with E-state index < -0.39 is 0 Å². The summed E-state index contributed by atoms with van der Waals surface area (Å²) >= 11 is 4.79. The van der Waals surface area contributed by atoms with Crippen LogP contribution in [0.25, 0.3) is 0 Å². The maximum atomic E-state index is 12.2. The largest absolute Gasteiger partial charge is 0.368 e. The van der Waals surface area contributed by atoms with Gasteiger partial charge in [0.2, 0.25) is 17.8 Å². The van der Waals surface area contributed by atoms with Gasteiger partial charge in [0.1, 0.15) is 5.82 Å². The minimum absolute atomic E-state index is 0.0937. The number of amides is 1. The Bertz CT molecular complexity index is 939. The molecule has 0 aliphatic carbocycles. The third kappa shape index (κ3) is 5.93. The number of aromatic nitrogens is 3. The Kier molecular flexibility index (Phi) is 6.83. The minimum Gasteiger partial charge on any atom is -0.368 e. The molecule has 9 heteroatoms. The first-order valence-electron chi connectivity index (χ1n) is 8.50. The maximum absolute atomic E-state index is 12.2. The number of halogens is 1. The first-order chi connectivity index (χ1) is 13.5. The van der Waals surface area contributed by atoms with Crippen LogP contribution in [0.3, 0.4) is 0 Å². The molecule has 28 heavy (non-hydrogen) atoms. The number of rotatable bonds is 7. The van der Waals surface area contributed by atoms with E-state index in [0.29, 0.717) is 11.8 Å². The summed E-state index contributed by atoms with van der Waals surface area (Å²) in [5.41, 5.74) is 7.43. The molecular weight excluding hydrogens is 440 g/mol. The fourth-order valence-electron chi connectivity index (χ4n) is 2.30. The van der Waals surface area contributed by atoms with Crippen LogP contribution in [0.2, 0.25) is 0 Å². The Morgan fingerprint density at radius 2 is 1.79 bits per heavy atom. The predicted molar refractivity (Wildman–Crippen MR) is 118 cm³/mol. The van der Waals surface area contributed by atoms with Crippen molar-refractivity contribution >= 4 is 56.9 Å². The topological polar surface area (TPSA) is 106 Å². The lowest BCUT2D eigenvalue weighted by molar-refractivity contribution is -0.113. The monoisotopic (exact) mass is 458 g/mol. The van der Waals surface area contributed by atoms with E-state index in [2.05, 4.69) is 41.5 Å². The number of hydrogen-bond acceptors (Lipinski definition) is 7. The summed E-state index contributed by atoms with van der Waals surface area (Å²) in [5.74, 6) is 1.21. The van der Waals surface area contributed by atoms with Gasteiger partial charge in [-0.1, -0.05) is 34.1 Å². The summed E-state index contributed by atoms with van der Waals surface area (Å²) in [5, 5.41) is 5.84. The van der Waals surface area contributed by atoms with E-state index in [1.54, 1.807) is 0 Å². The van der Waals surface area contributed by atoms with Gasteiger partial charge >= 0.3 is 0 Å². The van der Waals surface area contributed by atoms with Crippen LogP contribution in [-0.2, 0) is 4.79 Å². The van der Waals surface area contributed by atoms with Gasteiger partial charge in [0.05, 0.1) is 11.0 Å². The molecule has 144 valence electrons. The number of nitrogen functional groups attached to an aromatic ring is 1. The van der Waals surface area contributed by atoms with Gasteiger partial charge in [0.25, 0.3) is 0 Å². The molecule has 2 aromatic carbocycles. The molecule has 7 nitrogen and oxygen atoms in total. The molecule has 1 heterocycles. The van der Waals surface area contributed by atoms with Crippen molar-refractivity contribution in [3.05, 3.63) is 64.9 Å². The molecule has 1 aromatic heterocycles. The molecular formula is C19H19BrN6OS. The Labute approximate surface area is 175 Å². The van der Waals surface area contributed by atoms with E-state index in [1.165, 1.54) is 11.8 Å². The van der Waals surface area contributed by atoms with Crippen molar-refractivity contribution in [1.29, 1.82) is 0 Å². The highest BCUT2D eigenvalue weighted by Gasteiger charge is 2.15. The smallest absolute Gasteiger partial charge is 0.234 e. The maximum Gasteiger partial charge on any atom is 0.234 e. The minimum atomic E-state index is -0.128. The summed E-state index contributed by atoms with van der Waals surface area (Å²) in [6.07, 6.45) is 0. The summed E-state index contributed by atoms with van der Waals surface area (Å²) in [7, 11) is 0. The second-order valence-electron chi connectivity index (χ2n) is 5.87. The number of thioether (sulfide) groups is 1. The van der Waals surface area contributed by atoms with Gasteiger partial charge in [-0.05, 0) is 43.3 Å². The molecule has 0 bridgehead atoms. The first kappa shape index (κ1) is 20.1. The predicted octanol–water partition coefficient (Wildman–Crippen LogP) is 4.39. The molecule has 0 radical (unpaired) electrons. The highest BCUT2D eigenvalue weighted by molar-refractivity contribution is 9.10. The van der Waals surface area contributed by atoms with Crippen molar-refractivity contribution in [2.45, 2.75) is 12.2 Å². The van der Waals surface area contributed by atoms with Crippen LogP contribution >= 0.6 is 27.7 Å². The van der Waals surface area contributed by atoms with Crippen molar-refractivity contribution in [2.24, 2.45) is 0 Å². The molecule has 1 amide bonds. The van der Waals surface area contributed by atoms with E-state index in [4.69, 9.17) is 5.73 Å². The molecule has 0 saturated carbocycles. The molecule has 3 rings (SSSR count). The van der Waals surface area contributed by atoms with Crippen LogP contribution in [0, 0.1) is 0 Å². The zero-order valence-corrected chi connectivity index (χ0v) is 17.5. The standard InChI is InChI=1S/C19H19BrN6OS/c1-12(28-11-16(27)22-15-9-7-13(20)8-10-15)17-24-18(21)26-19(25-17)23-14-5-3-2-4-6-14/h2-10,12H,11H2,1H3,(H,22,27)(H3,21,23,24,25,26). The third-order valence-corrected chi connectivity index (χ3v) is 5.32. The summed E-state index contributed by atoms with van der Waals surface area (Å²) in [4.78, 5) is 24.9. The summed E-state index contributed by atoms with van der Waals surface area (Å²) in [6, 6.07) is 17.0. The number of benzene rings is 2. The number of hydrogen-bond donors (Lipinski definition) is 3. The molecule has 0 aliphatic rings. The molecule has 4 N–H and O–H groups in total. The molecule has 0 saturated heterocycles. The van der Waals surface area contributed by atoms with Crippen molar-refractivity contribution < 1.29 is 4.79 Å². The van der Waals surface area contributed by atoms with E-state index in [9.17, 15) is 4.79 Å². The number of carbonyl (C=O) groups excluding carboxylic acids is 1. The van der Waals surface area contributed by atoms with Gasteiger partial charge in [0, 0.05) is 15.8 Å². The zero-order valence-electron chi connectivity index (χ0n) is 15.1. The van der Waals surface area contributed by atoms with E-state index in [0.717, 1.165) is 15.8 Å². The Hall–Kier alpha value is -2.65. The van der Waals surface area contributed by atoms with Gasteiger partial charge in [0.15, 0.2) is 0 Å². The van der Waals surface area contributed by atoms with Crippen molar-refractivity contribution in [3.63, 3.8) is 0 Å². The second-order valence-corrected chi connectivity index (χ2v) is 8.12. The highest BCUT2D eigenvalue weighted by atomic mass is 79.9. The number of nitrogens with two attached hydrogens (primary N) is 1. The quantitative estimate of drug-likeness (QED) is 0.481. The zero-order chi connectivity index (χ0) is 19.9. The van der Waals surface area contributed by atoms with Crippen LogP contribution in [-0.4, -0.2) is 26.6 Å². The molecule has 1 unspecified atom stereocenters. The SMILES string of the molecule is CC(SCC(=O)Nc1ccc(Br)cc1)c1nc(N)nc(Nc2ccccc2)n1. The molecule has 0 fully saturated rings. The lowest BCUT2D eigenvalue weighted by Gasteiger charge is -2.12. The normalized spacial score (nSPS) is 11.6. The van der Waals surface area contributed by atoms with Crippen LogP contribution in [0.15, 0.2) is 59.1 Å². The fraction of sp³-hybridized carbons (Fsp3) is 0.158. The second kappa shape index (κ2) is 9.52. The Balaban J connectivity index is 1.59. The van der Waals surface area contributed by atoms with Gasteiger partial charge in [-0.25, -0.2) is 0 Å². The molecule has 0 aliphatic heterocycles. The van der Waals surface area contributed by atoms with Crippen LogP contribution in [0.4, 0.5) is 23.3 Å². The van der Waals surface area contributed by atoms with Crippen LogP contribution in [0.5, 0.6) is 0 Å². The van der Waals surface area contributed by atoms with Crippen molar-refractivity contribution in [3.8, 4) is 0 Å². The summed E-state index contributed by atoms with van der Waals surface area (Å²) in [6.45, 7) is 1.93. The first-order valence-corrected chi connectivity index (χ1v) is 10.3. The van der Waals surface area contributed by atoms with Crippen molar-refractivity contribution in [1.82, 2.24) is 15.0 Å². The number of para-hydroxylation sites is 1. The van der Waals surface area contributed by atoms with E-state index in [1.807, 2.05) is 61.5 Å². The number of anilines is 4. The molecule has 0 spiro atoms. The lowest BCUT2D eigenvalue weighted by atomic mass is 10.3. The molecule has 1 atom stereocenters. The van der Waals surface area contributed by atoms with Crippen LogP contribution < -0.4 is 16.4 Å². The lowest BCUT2D eigenvalue weighted by Crippen LogP contribution is -2.15. The van der Waals surface area contributed by atoms with Gasteiger partial charge < -0.3 is 16.4 Å². The van der Waals surface area contributed by atoms with Gasteiger partial charge in [-0.2, -0.15) is 15.0 Å². The van der Waals surface area contributed by atoms with Gasteiger partial charge in [-0.15, -0.1) is 11.8 Å². The number of nitrogens with one attached hydrogen (secondary N) is 2. The summed E-state index contributed by atoms with van der Waals surface area (Å²) < 4.78 is 0.959. The average Bonchev–Trinajstić information content (AvgIpc) is 2.68. The van der Waals surface area contributed by atoms with E-state index in [-0.39, 0.29) is 22.9 Å². The Morgan fingerprint density at radius 3 is 2.50 bits per heavy atom. The van der Waals surface area contributed by atoms with E-state index >= 15 is 0 Å². The Morgan fingerprint density at radius 1 is 1.07 bits per heavy atom. The number of nitrogens with zero attached hydrogens (tertiary/aromatic N) is 3. The fourth-order valence-corrected chi connectivity index (χ4v) is 3.30. The molecule has 3 aromatic rings. The number of carbonyl (C=O) groups is 1. The van der Waals surface area contributed by atoms with Gasteiger partial charge in [-0.3, -0.25) is 4.79 Å². The van der Waals surface area contributed by atoms with Crippen molar-refractivity contribution in [2.75, 3.05) is 22.1 Å². The van der Waals surface area contributed by atoms with Crippen LogP contribution in [0.1, 0.15) is 18.0 Å². The average molecular weight is 459 g/mol. The highest BCUT2D eigenvalue weighted by Crippen LogP contribution is 2.27.